The topological polar surface area (TPSA) is 20.2 Å². The molecule has 0 amide bonds. The van der Waals surface area contributed by atoms with Crippen LogP contribution < -0.4 is 0 Å². The van der Waals surface area contributed by atoms with Crippen molar-refractivity contribution in [2.24, 2.45) is 0 Å². The van der Waals surface area contributed by atoms with Crippen LogP contribution in [0.15, 0.2) is 0 Å². The quantitative estimate of drug-likeness (QED) is 0.492. The maximum Gasteiger partial charge on any atom is 0.0483 e. The van der Waals surface area contributed by atoms with Gasteiger partial charge in [0, 0.05) is 6.10 Å². The molecule has 0 atom stereocenters. The van der Waals surface area contributed by atoms with Crippen molar-refractivity contribution in [2.75, 3.05) is 0 Å². The van der Waals surface area contributed by atoms with Gasteiger partial charge in [0.2, 0.25) is 0 Å². The molecule has 0 aliphatic heterocycles. The first kappa shape index (κ1) is 6.96. The maximum atomic E-state index is 8.06. The summed E-state index contributed by atoms with van der Waals surface area (Å²) in [5.41, 5.74) is 0. The van der Waals surface area contributed by atoms with Crippen LogP contribution in [0, 0.1) is 0 Å². The molecule has 0 saturated heterocycles. The summed E-state index contributed by atoms with van der Waals surface area (Å²) in [6, 6.07) is 0. The highest BCUT2D eigenvalue weighted by Crippen LogP contribution is 2.14. The van der Waals surface area contributed by atoms with E-state index in [-0.39, 0.29) is 6.10 Å². The second-order valence-corrected chi connectivity index (χ2v) is 2.15. The minimum Gasteiger partial charge on any atom is -0.394 e. The molecule has 0 aromatic heterocycles. The average molecular weight is 102 g/mol. The molecule has 1 aliphatic rings. The molecular weight excluding hydrogens is 88.1 g/mol. The average Bonchev–Trinajstić information content (AvgIpc) is 2.02. The fraction of sp³-hybridized carbons (Fsp3) is 1.00. The van der Waals surface area contributed by atoms with Gasteiger partial charge in [0.1, 0.15) is 0 Å². The molecule has 0 heterocycles. The number of aliphatic hydroxyl groups excluding tert-OH is 1. The third-order valence-corrected chi connectivity index (χ3v) is 0.354. The SMILES string of the molecule is C1CC1.CC(C)O. The van der Waals surface area contributed by atoms with Crippen LogP contribution in [0.2, 0.25) is 0 Å². The molecule has 1 aliphatic carbocycles. The van der Waals surface area contributed by atoms with Crippen LogP contribution in [-0.2, 0) is 0 Å². The summed E-state index contributed by atoms with van der Waals surface area (Å²) in [5.74, 6) is 0. The van der Waals surface area contributed by atoms with Gasteiger partial charge < -0.3 is 5.11 Å². The lowest BCUT2D eigenvalue weighted by atomic mass is 10.5. The smallest absolute Gasteiger partial charge is 0.0483 e. The zero-order valence-electron chi connectivity index (χ0n) is 5.15. The highest BCUT2D eigenvalue weighted by molar-refractivity contribution is 4.50. The summed E-state index contributed by atoms with van der Waals surface area (Å²) in [7, 11) is 0. The zero-order valence-corrected chi connectivity index (χ0v) is 5.15. The summed E-state index contributed by atoms with van der Waals surface area (Å²) < 4.78 is 0. The summed E-state index contributed by atoms with van der Waals surface area (Å²) in [5, 5.41) is 8.06. The van der Waals surface area contributed by atoms with E-state index >= 15 is 0 Å². The van der Waals surface area contributed by atoms with E-state index in [0.717, 1.165) is 0 Å². The van der Waals surface area contributed by atoms with Gasteiger partial charge >= 0.3 is 0 Å². The first-order valence-corrected chi connectivity index (χ1v) is 2.91. The third kappa shape index (κ3) is 101. The van der Waals surface area contributed by atoms with Crippen LogP contribution in [0.3, 0.4) is 0 Å². The predicted molar refractivity (Wildman–Crippen MR) is 31.2 cm³/mol. The predicted octanol–water partition coefficient (Wildman–Crippen LogP) is 1.56. The molecule has 1 N–H and O–H groups in total. The normalized spacial score (nSPS) is 15.4. The van der Waals surface area contributed by atoms with Gasteiger partial charge in [0.15, 0.2) is 0 Å². The molecule has 0 aromatic carbocycles. The molecule has 0 aromatic rings. The van der Waals surface area contributed by atoms with E-state index < -0.39 is 0 Å². The highest BCUT2D eigenvalue weighted by Gasteiger charge is 1.95. The molecular formula is C6H14O. The van der Waals surface area contributed by atoms with Crippen LogP contribution in [0.25, 0.3) is 0 Å². The number of hydrogen-bond donors (Lipinski definition) is 1. The van der Waals surface area contributed by atoms with Crippen molar-refractivity contribution in [3.05, 3.63) is 0 Å². The van der Waals surface area contributed by atoms with Crippen molar-refractivity contribution in [3.8, 4) is 0 Å². The molecule has 1 rings (SSSR count). The van der Waals surface area contributed by atoms with E-state index in [1.807, 2.05) is 0 Å². The number of hydrogen-bond acceptors (Lipinski definition) is 1. The monoisotopic (exact) mass is 102 g/mol. The van der Waals surface area contributed by atoms with Crippen molar-refractivity contribution in [2.45, 2.75) is 39.2 Å². The molecule has 0 spiro atoms. The summed E-state index contributed by atoms with van der Waals surface area (Å²) >= 11 is 0. The second kappa shape index (κ2) is 4.13. The van der Waals surface area contributed by atoms with Crippen molar-refractivity contribution < 1.29 is 5.11 Å². The Labute approximate surface area is 45.4 Å². The minimum absolute atomic E-state index is 0.167. The van der Waals surface area contributed by atoms with Gasteiger partial charge in [-0.1, -0.05) is 19.3 Å². The Morgan fingerprint density at radius 2 is 1.29 bits per heavy atom. The Morgan fingerprint density at radius 1 is 1.14 bits per heavy atom. The standard InChI is InChI=1S/C3H8O.C3H6/c1-3(2)4;1-2-3-1/h3-4H,1-2H3;1-3H2. The molecule has 1 nitrogen and oxygen atoms in total. The first-order chi connectivity index (χ1) is 3.23. The van der Waals surface area contributed by atoms with Crippen molar-refractivity contribution in [1.82, 2.24) is 0 Å². The molecule has 1 heteroatoms. The van der Waals surface area contributed by atoms with Crippen LogP contribution in [0.1, 0.15) is 33.1 Å². The third-order valence-electron chi connectivity index (χ3n) is 0.354. The molecule has 44 valence electrons. The van der Waals surface area contributed by atoms with Crippen LogP contribution >= 0.6 is 0 Å². The second-order valence-electron chi connectivity index (χ2n) is 2.15. The largest absolute Gasteiger partial charge is 0.394 e. The lowest BCUT2D eigenvalue weighted by Gasteiger charge is -1.80. The molecule has 1 saturated carbocycles. The van der Waals surface area contributed by atoms with Gasteiger partial charge in [-0.2, -0.15) is 0 Å². The van der Waals surface area contributed by atoms with Crippen molar-refractivity contribution in [1.29, 1.82) is 0 Å². The Bertz CT molecular complexity index is 25.7. The number of rotatable bonds is 0. The van der Waals surface area contributed by atoms with E-state index in [1.165, 1.54) is 19.3 Å². The summed E-state index contributed by atoms with van der Waals surface area (Å²) in [6.45, 7) is 3.44. The molecule has 0 bridgehead atoms. The number of aliphatic hydroxyl groups is 1. The van der Waals surface area contributed by atoms with E-state index in [9.17, 15) is 0 Å². The molecule has 7 heavy (non-hydrogen) atoms. The Balaban J connectivity index is 0.000000105. The Hall–Kier alpha value is -0.0400. The highest BCUT2D eigenvalue weighted by atomic mass is 16.3. The summed E-state index contributed by atoms with van der Waals surface area (Å²) in [6.07, 6.45) is 4.33. The molecule has 0 radical (unpaired) electrons. The Morgan fingerprint density at radius 3 is 1.29 bits per heavy atom. The van der Waals surface area contributed by atoms with Gasteiger partial charge in [0.05, 0.1) is 0 Å². The van der Waals surface area contributed by atoms with Crippen LogP contribution in [0.4, 0.5) is 0 Å². The molecule has 1 fully saturated rings. The van der Waals surface area contributed by atoms with E-state index in [4.69, 9.17) is 5.11 Å². The van der Waals surface area contributed by atoms with Crippen LogP contribution in [-0.4, -0.2) is 11.2 Å². The van der Waals surface area contributed by atoms with E-state index in [2.05, 4.69) is 0 Å². The zero-order chi connectivity index (χ0) is 5.70. The lowest BCUT2D eigenvalue weighted by molar-refractivity contribution is 0.216. The first-order valence-electron chi connectivity index (χ1n) is 2.91. The van der Waals surface area contributed by atoms with E-state index in [0.29, 0.717) is 0 Å². The van der Waals surface area contributed by atoms with Crippen LogP contribution in [0.5, 0.6) is 0 Å². The fourth-order valence-corrected chi connectivity index (χ4v) is 0. The summed E-state index contributed by atoms with van der Waals surface area (Å²) in [4.78, 5) is 0. The van der Waals surface area contributed by atoms with Gasteiger partial charge in [-0.05, 0) is 13.8 Å². The van der Waals surface area contributed by atoms with Gasteiger partial charge in [-0.3, -0.25) is 0 Å². The van der Waals surface area contributed by atoms with Gasteiger partial charge in [0.25, 0.3) is 0 Å². The fourth-order valence-electron chi connectivity index (χ4n) is 0. The van der Waals surface area contributed by atoms with Gasteiger partial charge in [-0.25, -0.2) is 0 Å². The minimum atomic E-state index is -0.167. The van der Waals surface area contributed by atoms with E-state index in [1.54, 1.807) is 13.8 Å². The Kier molecular flexibility index (Phi) is 4.10. The van der Waals surface area contributed by atoms with Crippen molar-refractivity contribution >= 4 is 0 Å². The van der Waals surface area contributed by atoms with Crippen molar-refractivity contribution in [3.63, 3.8) is 0 Å². The maximum absolute atomic E-state index is 8.06. The lowest BCUT2D eigenvalue weighted by Crippen LogP contribution is -1.85. The molecule has 0 unspecified atom stereocenters. The van der Waals surface area contributed by atoms with Gasteiger partial charge in [-0.15, -0.1) is 0 Å².